The number of rotatable bonds is 4. The molecule has 3 heteroatoms. The fourth-order valence-corrected chi connectivity index (χ4v) is 3.21. The fourth-order valence-electron chi connectivity index (χ4n) is 3.21. The molecule has 0 bridgehead atoms. The summed E-state index contributed by atoms with van der Waals surface area (Å²) < 4.78 is 5.16. The molecule has 2 fully saturated rings. The average molecular weight is 225 g/mol. The molecule has 1 aliphatic heterocycles. The van der Waals surface area contributed by atoms with Crippen LogP contribution in [0, 0.1) is 5.92 Å². The Bertz CT molecular complexity index is 242. The number of piperidine rings is 1. The molecule has 1 saturated heterocycles. The van der Waals surface area contributed by atoms with Gasteiger partial charge in [0, 0.05) is 32.0 Å². The molecule has 92 valence electrons. The molecular weight excluding hydrogens is 202 g/mol. The number of carbonyl (C=O) groups is 1. The van der Waals surface area contributed by atoms with Gasteiger partial charge in [0.05, 0.1) is 6.61 Å². The molecular formula is C13H23NO2. The molecule has 0 aromatic heterocycles. The van der Waals surface area contributed by atoms with Crippen molar-refractivity contribution in [3.63, 3.8) is 0 Å². The SMILES string of the molecule is COCCN1CCCCC1C1CCCC1=O. The lowest BCUT2D eigenvalue weighted by atomic mass is 9.88. The standard InChI is InChI=1S/C13H23NO2/c1-16-10-9-14-8-3-2-6-12(14)11-5-4-7-13(11)15/h11-12H,2-10H2,1H3. The van der Waals surface area contributed by atoms with Gasteiger partial charge >= 0.3 is 0 Å². The summed E-state index contributed by atoms with van der Waals surface area (Å²) in [5.74, 6) is 0.839. The van der Waals surface area contributed by atoms with E-state index < -0.39 is 0 Å². The lowest BCUT2D eigenvalue weighted by Crippen LogP contribution is -2.46. The highest BCUT2D eigenvalue weighted by molar-refractivity contribution is 5.83. The lowest BCUT2D eigenvalue weighted by Gasteiger charge is -2.38. The molecule has 1 heterocycles. The smallest absolute Gasteiger partial charge is 0.137 e. The number of likely N-dealkylation sites (tertiary alicyclic amines) is 1. The average Bonchev–Trinajstić information content (AvgIpc) is 2.73. The highest BCUT2D eigenvalue weighted by Gasteiger charge is 2.36. The Morgan fingerprint density at radius 3 is 2.88 bits per heavy atom. The van der Waals surface area contributed by atoms with Crippen LogP contribution in [-0.4, -0.2) is 43.5 Å². The Morgan fingerprint density at radius 1 is 1.31 bits per heavy atom. The van der Waals surface area contributed by atoms with Gasteiger partial charge in [0.25, 0.3) is 0 Å². The van der Waals surface area contributed by atoms with Crippen molar-refractivity contribution in [3.05, 3.63) is 0 Å². The summed E-state index contributed by atoms with van der Waals surface area (Å²) in [5, 5.41) is 0. The van der Waals surface area contributed by atoms with Crippen LogP contribution in [0.15, 0.2) is 0 Å². The van der Waals surface area contributed by atoms with Crippen LogP contribution in [-0.2, 0) is 9.53 Å². The summed E-state index contributed by atoms with van der Waals surface area (Å²) in [5.41, 5.74) is 0. The number of methoxy groups -OCH3 is 1. The van der Waals surface area contributed by atoms with Crippen molar-refractivity contribution in [1.29, 1.82) is 0 Å². The molecule has 2 unspecified atom stereocenters. The van der Waals surface area contributed by atoms with E-state index in [1.165, 1.54) is 19.3 Å². The summed E-state index contributed by atoms with van der Waals surface area (Å²) in [6.07, 6.45) is 6.82. The zero-order valence-electron chi connectivity index (χ0n) is 10.3. The number of hydrogen-bond acceptors (Lipinski definition) is 3. The van der Waals surface area contributed by atoms with Crippen LogP contribution in [0.1, 0.15) is 38.5 Å². The second kappa shape index (κ2) is 5.78. The first-order valence-corrected chi connectivity index (χ1v) is 6.58. The van der Waals surface area contributed by atoms with Crippen molar-refractivity contribution in [2.24, 2.45) is 5.92 Å². The highest BCUT2D eigenvalue weighted by Crippen LogP contribution is 2.32. The van der Waals surface area contributed by atoms with E-state index >= 15 is 0 Å². The van der Waals surface area contributed by atoms with E-state index in [0.717, 1.165) is 39.0 Å². The largest absolute Gasteiger partial charge is 0.383 e. The zero-order valence-corrected chi connectivity index (χ0v) is 10.3. The maximum absolute atomic E-state index is 11.8. The van der Waals surface area contributed by atoms with Crippen LogP contribution >= 0.6 is 0 Å². The Balaban J connectivity index is 1.95. The van der Waals surface area contributed by atoms with Gasteiger partial charge in [0.2, 0.25) is 0 Å². The van der Waals surface area contributed by atoms with E-state index in [4.69, 9.17) is 4.74 Å². The predicted molar refractivity (Wildman–Crippen MR) is 63.4 cm³/mol. The van der Waals surface area contributed by atoms with Crippen molar-refractivity contribution in [2.75, 3.05) is 26.8 Å². The topological polar surface area (TPSA) is 29.5 Å². The van der Waals surface area contributed by atoms with Gasteiger partial charge in [-0.2, -0.15) is 0 Å². The van der Waals surface area contributed by atoms with E-state index in [2.05, 4.69) is 4.90 Å². The highest BCUT2D eigenvalue weighted by atomic mass is 16.5. The number of Topliss-reactive ketones (excluding diaryl/α,β-unsaturated/α-hetero) is 1. The third kappa shape index (κ3) is 2.64. The molecule has 0 amide bonds. The molecule has 1 aliphatic carbocycles. The first kappa shape index (κ1) is 12.1. The number of nitrogens with zero attached hydrogens (tertiary/aromatic N) is 1. The summed E-state index contributed by atoms with van der Waals surface area (Å²) in [4.78, 5) is 14.3. The number of ether oxygens (including phenoxy) is 1. The van der Waals surface area contributed by atoms with Gasteiger partial charge in [-0.3, -0.25) is 9.69 Å². The second-order valence-electron chi connectivity index (χ2n) is 5.06. The molecule has 2 aliphatic rings. The first-order chi connectivity index (χ1) is 7.83. The van der Waals surface area contributed by atoms with E-state index in [0.29, 0.717) is 17.7 Å². The molecule has 1 saturated carbocycles. The molecule has 0 aromatic carbocycles. The van der Waals surface area contributed by atoms with E-state index in [1.807, 2.05) is 0 Å². The van der Waals surface area contributed by atoms with Gasteiger partial charge in [-0.05, 0) is 32.2 Å². The fraction of sp³-hybridized carbons (Fsp3) is 0.923. The third-order valence-corrected chi connectivity index (χ3v) is 4.06. The van der Waals surface area contributed by atoms with Gasteiger partial charge in [-0.1, -0.05) is 6.42 Å². The summed E-state index contributed by atoms with van der Waals surface area (Å²) in [7, 11) is 1.75. The Labute approximate surface area is 98.1 Å². The quantitative estimate of drug-likeness (QED) is 0.731. The van der Waals surface area contributed by atoms with Crippen LogP contribution in [0.25, 0.3) is 0 Å². The Morgan fingerprint density at radius 2 is 2.19 bits per heavy atom. The maximum Gasteiger partial charge on any atom is 0.137 e. The van der Waals surface area contributed by atoms with E-state index in [-0.39, 0.29) is 0 Å². The number of carbonyl (C=O) groups excluding carboxylic acids is 1. The monoisotopic (exact) mass is 225 g/mol. The molecule has 0 spiro atoms. The molecule has 3 nitrogen and oxygen atoms in total. The molecule has 2 atom stereocenters. The maximum atomic E-state index is 11.8. The van der Waals surface area contributed by atoms with Crippen LogP contribution in [0.2, 0.25) is 0 Å². The normalized spacial score (nSPS) is 32.2. The Hall–Kier alpha value is -0.410. The zero-order chi connectivity index (χ0) is 11.4. The summed E-state index contributed by atoms with van der Waals surface area (Å²) in [6.45, 7) is 2.93. The van der Waals surface area contributed by atoms with Crippen molar-refractivity contribution < 1.29 is 9.53 Å². The van der Waals surface area contributed by atoms with Gasteiger partial charge in [-0.15, -0.1) is 0 Å². The van der Waals surface area contributed by atoms with Gasteiger partial charge in [0.15, 0.2) is 0 Å². The van der Waals surface area contributed by atoms with Crippen LogP contribution in [0.5, 0.6) is 0 Å². The van der Waals surface area contributed by atoms with E-state index in [1.54, 1.807) is 7.11 Å². The molecule has 0 radical (unpaired) electrons. The third-order valence-electron chi connectivity index (χ3n) is 4.06. The van der Waals surface area contributed by atoms with Gasteiger partial charge in [-0.25, -0.2) is 0 Å². The minimum atomic E-state index is 0.331. The van der Waals surface area contributed by atoms with Gasteiger partial charge < -0.3 is 4.74 Å². The molecule has 16 heavy (non-hydrogen) atoms. The number of ketones is 1. The van der Waals surface area contributed by atoms with Crippen molar-refractivity contribution in [2.45, 2.75) is 44.6 Å². The summed E-state index contributed by atoms with van der Waals surface area (Å²) in [6, 6.07) is 0.513. The first-order valence-electron chi connectivity index (χ1n) is 6.58. The summed E-state index contributed by atoms with van der Waals surface area (Å²) >= 11 is 0. The molecule has 0 aromatic rings. The number of hydrogen-bond donors (Lipinski definition) is 0. The minimum absolute atomic E-state index is 0.331. The van der Waals surface area contributed by atoms with Crippen molar-refractivity contribution >= 4 is 5.78 Å². The van der Waals surface area contributed by atoms with Gasteiger partial charge in [0.1, 0.15) is 5.78 Å². The van der Waals surface area contributed by atoms with E-state index in [9.17, 15) is 4.79 Å². The predicted octanol–water partition coefficient (Wildman–Crippen LogP) is 1.86. The Kier molecular flexibility index (Phi) is 4.36. The van der Waals surface area contributed by atoms with Crippen molar-refractivity contribution in [3.8, 4) is 0 Å². The van der Waals surface area contributed by atoms with Crippen LogP contribution < -0.4 is 0 Å². The van der Waals surface area contributed by atoms with Crippen LogP contribution in [0.3, 0.4) is 0 Å². The van der Waals surface area contributed by atoms with Crippen molar-refractivity contribution in [1.82, 2.24) is 4.90 Å². The lowest BCUT2D eigenvalue weighted by molar-refractivity contribution is -0.123. The van der Waals surface area contributed by atoms with Crippen LogP contribution in [0.4, 0.5) is 0 Å². The second-order valence-corrected chi connectivity index (χ2v) is 5.06. The minimum Gasteiger partial charge on any atom is -0.383 e. The molecule has 2 rings (SSSR count). The molecule has 0 N–H and O–H groups in total.